The molecule has 3 rings (SSSR count). The molecule has 0 radical (unpaired) electrons. The van der Waals surface area contributed by atoms with Crippen LogP contribution in [-0.2, 0) is 29.5 Å². The number of aryl methyl sites for hydroxylation is 2. The summed E-state index contributed by atoms with van der Waals surface area (Å²) in [6.45, 7) is 1.08. The molecule has 0 saturated carbocycles. The Morgan fingerprint density at radius 2 is 1.71 bits per heavy atom. The summed E-state index contributed by atoms with van der Waals surface area (Å²) in [6, 6.07) is 14.5. The third-order valence-corrected chi connectivity index (χ3v) is 4.10. The van der Waals surface area contributed by atoms with Crippen LogP contribution in [0.2, 0.25) is 0 Å². The summed E-state index contributed by atoms with van der Waals surface area (Å²) in [6.07, 6.45) is 1.18. The summed E-state index contributed by atoms with van der Waals surface area (Å²) in [7, 11) is 1.91. The molecule has 0 fully saturated rings. The van der Waals surface area contributed by atoms with Gasteiger partial charge in [-0.2, -0.15) is 0 Å². The van der Waals surface area contributed by atoms with Gasteiger partial charge in [0.25, 0.3) is 5.97 Å². The van der Waals surface area contributed by atoms with Crippen LogP contribution in [0.15, 0.2) is 48.5 Å². The molecule has 0 amide bonds. The van der Waals surface area contributed by atoms with E-state index in [1.807, 2.05) is 41.9 Å². The molecule has 2 N–H and O–H groups in total. The third kappa shape index (κ3) is 5.77. The molecular weight excluding hydrogens is 360 g/mol. The lowest BCUT2D eigenvalue weighted by Gasteiger charge is -2.04. The van der Waals surface area contributed by atoms with Crippen molar-refractivity contribution >= 4 is 28.8 Å². The highest BCUT2D eigenvalue weighted by Crippen LogP contribution is 2.15. The summed E-state index contributed by atoms with van der Waals surface area (Å²) in [4.78, 5) is 36.8. The highest BCUT2D eigenvalue weighted by atomic mass is 16.4. The molecule has 0 spiro atoms. The number of carbonyl (C=O) groups excluding carboxylic acids is 1. The van der Waals surface area contributed by atoms with E-state index in [1.54, 1.807) is 18.2 Å². The highest BCUT2D eigenvalue weighted by Gasteiger charge is 2.12. The fraction of sp³-hybridized carbons (Fsp3) is 0.238. The van der Waals surface area contributed by atoms with E-state index in [4.69, 9.17) is 15.0 Å². The number of aromatic nitrogens is 2. The maximum atomic E-state index is 12.3. The normalized spacial score (nSPS) is 10.2. The summed E-state index contributed by atoms with van der Waals surface area (Å²) >= 11 is 0. The van der Waals surface area contributed by atoms with E-state index < -0.39 is 11.9 Å². The fourth-order valence-electron chi connectivity index (χ4n) is 2.76. The van der Waals surface area contributed by atoms with Gasteiger partial charge < -0.3 is 14.8 Å². The Hall–Kier alpha value is -3.48. The number of carboxylic acid groups (broad SMARTS) is 2. The number of Topliss-reactive ketones (excluding diaryl/α,β-unsaturated/α-hetero) is 1. The van der Waals surface area contributed by atoms with Gasteiger partial charge in [0.05, 0.1) is 23.0 Å². The first-order chi connectivity index (χ1) is 13.3. The van der Waals surface area contributed by atoms with Crippen molar-refractivity contribution in [3.8, 4) is 0 Å². The van der Waals surface area contributed by atoms with Crippen LogP contribution < -0.4 is 0 Å². The van der Waals surface area contributed by atoms with Gasteiger partial charge in [0.2, 0.25) is 0 Å². The second kappa shape index (κ2) is 9.45. The molecule has 2 aromatic carbocycles. The van der Waals surface area contributed by atoms with Gasteiger partial charge in [-0.15, -0.1) is 0 Å². The first-order valence-electron chi connectivity index (χ1n) is 8.71. The van der Waals surface area contributed by atoms with Crippen molar-refractivity contribution in [3.63, 3.8) is 0 Å². The second-order valence-electron chi connectivity index (χ2n) is 6.32. The summed E-state index contributed by atoms with van der Waals surface area (Å²) in [5.41, 5.74) is 3.00. The SMILES string of the molecule is CC(=O)O.Cn1c(CC(=O)CCc2cccc(C(=O)O)c2)nc2ccccc21. The van der Waals surface area contributed by atoms with Gasteiger partial charge in [0.1, 0.15) is 11.6 Å². The quantitative estimate of drug-likeness (QED) is 0.678. The molecule has 28 heavy (non-hydrogen) atoms. The molecule has 0 aliphatic rings. The van der Waals surface area contributed by atoms with Crippen LogP contribution >= 0.6 is 0 Å². The molecule has 7 nitrogen and oxygen atoms in total. The molecular formula is C21H22N2O5. The minimum atomic E-state index is -0.956. The Labute approximate surface area is 162 Å². The minimum Gasteiger partial charge on any atom is -0.481 e. The lowest BCUT2D eigenvalue weighted by molar-refractivity contribution is -0.134. The van der Waals surface area contributed by atoms with Gasteiger partial charge in [-0.3, -0.25) is 9.59 Å². The summed E-state index contributed by atoms with van der Waals surface area (Å²) < 4.78 is 1.94. The highest BCUT2D eigenvalue weighted by molar-refractivity contribution is 5.88. The molecule has 1 heterocycles. The molecule has 0 aliphatic carbocycles. The Kier molecular flexibility index (Phi) is 7.03. The Morgan fingerprint density at radius 1 is 1.04 bits per heavy atom. The van der Waals surface area contributed by atoms with Crippen LogP contribution in [0.3, 0.4) is 0 Å². The number of rotatable bonds is 6. The Morgan fingerprint density at radius 3 is 2.36 bits per heavy atom. The number of carboxylic acids is 2. The first-order valence-corrected chi connectivity index (χ1v) is 8.71. The molecule has 3 aromatic rings. The van der Waals surface area contributed by atoms with Crippen molar-refractivity contribution in [1.29, 1.82) is 0 Å². The zero-order chi connectivity index (χ0) is 20.7. The minimum absolute atomic E-state index is 0.0918. The maximum Gasteiger partial charge on any atom is 0.335 e. The molecule has 0 bridgehead atoms. The van der Waals surface area contributed by atoms with Crippen LogP contribution in [0.1, 0.15) is 35.1 Å². The number of benzene rings is 2. The molecule has 146 valence electrons. The Balaban J connectivity index is 0.000000640. The largest absolute Gasteiger partial charge is 0.481 e. The van der Waals surface area contributed by atoms with E-state index in [0.29, 0.717) is 12.8 Å². The van der Waals surface area contributed by atoms with Gasteiger partial charge in [0, 0.05) is 20.4 Å². The van der Waals surface area contributed by atoms with Gasteiger partial charge in [-0.05, 0) is 36.2 Å². The molecule has 0 unspecified atom stereocenters. The number of carbonyl (C=O) groups is 3. The van der Waals surface area contributed by atoms with E-state index in [2.05, 4.69) is 4.98 Å². The average molecular weight is 382 g/mol. The van der Waals surface area contributed by atoms with Crippen molar-refractivity contribution in [2.45, 2.75) is 26.2 Å². The van der Waals surface area contributed by atoms with Crippen LogP contribution in [0.4, 0.5) is 0 Å². The predicted octanol–water partition coefficient (Wildman–Crippen LogP) is 3.11. The van der Waals surface area contributed by atoms with Crippen molar-refractivity contribution < 1.29 is 24.6 Å². The van der Waals surface area contributed by atoms with E-state index in [9.17, 15) is 9.59 Å². The topological polar surface area (TPSA) is 109 Å². The van der Waals surface area contributed by atoms with Crippen LogP contribution in [0.5, 0.6) is 0 Å². The number of ketones is 1. The lowest BCUT2D eigenvalue weighted by Crippen LogP contribution is -2.09. The van der Waals surface area contributed by atoms with Gasteiger partial charge in [-0.25, -0.2) is 9.78 Å². The van der Waals surface area contributed by atoms with Crippen LogP contribution in [0, 0.1) is 0 Å². The Bertz CT molecular complexity index is 1000. The number of para-hydroxylation sites is 2. The zero-order valence-corrected chi connectivity index (χ0v) is 15.8. The van der Waals surface area contributed by atoms with E-state index >= 15 is 0 Å². The second-order valence-corrected chi connectivity index (χ2v) is 6.32. The van der Waals surface area contributed by atoms with Crippen LogP contribution in [0.25, 0.3) is 11.0 Å². The number of hydrogen-bond donors (Lipinski definition) is 2. The first kappa shape index (κ1) is 20.8. The molecule has 0 aliphatic heterocycles. The van der Waals surface area contributed by atoms with Crippen molar-refractivity contribution in [2.75, 3.05) is 0 Å². The van der Waals surface area contributed by atoms with Crippen LogP contribution in [-0.4, -0.2) is 37.5 Å². The number of aliphatic carboxylic acids is 1. The van der Waals surface area contributed by atoms with E-state index in [1.165, 1.54) is 0 Å². The fourth-order valence-corrected chi connectivity index (χ4v) is 2.76. The predicted molar refractivity (Wildman–Crippen MR) is 104 cm³/mol. The summed E-state index contributed by atoms with van der Waals surface area (Å²) in [5, 5.41) is 16.4. The molecule has 1 aromatic heterocycles. The van der Waals surface area contributed by atoms with Crippen molar-refractivity contribution in [3.05, 3.63) is 65.5 Å². The third-order valence-electron chi connectivity index (χ3n) is 4.10. The average Bonchev–Trinajstić information content (AvgIpc) is 2.96. The molecule has 0 saturated heterocycles. The number of fused-ring (bicyclic) bond motifs is 1. The smallest absolute Gasteiger partial charge is 0.335 e. The van der Waals surface area contributed by atoms with Crippen molar-refractivity contribution in [1.82, 2.24) is 9.55 Å². The standard InChI is InChI=1S/C19H18N2O3.C2H4O2/c1-21-17-8-3-2-7-16(17)20-18(21)12-15(22)10-9-13-5-4-6-14(11-13)19(23)24;1-2(3)4/h2-8,11H,9-10,12H2,1H3,(H,23,24);1H3,(H,3,4). The lowest BCUT2D eigenvalue weighted by atomic mass is 10.0. The monoisotopic (exact) mass is 382 g/mol. The summed E-state index contributed by atoms with van der Waals surface area (Å²) in [5.74, 6) is -0.947. The number of hydrogen-bond acceptors (Lipinski definition) is 4. The zero-order valence-electron chi connectivity index (χ0n) is 15.8. The van der Waals surface area contributed by atoms with Crippen molar-refractivity contribution in [2.24, 2.45) is 7.05 Å². The van der Waals surface area contributed by atoms with Gasteiger partial charge >= 0.3 is 5.97 Å². The maximum absolute atomic E-state index is 12.3. The molecule has 7 heteroatoms. The van der Waals surface area contributed by atoms with E-state index in [-0.39, 0.29) is 17.8 Å². The number of nitrogens with zero attached hydrogens (tertiary/aromatic N) is 2. The van der Waals surface area contributed by atoms with E-state index in [0.717, 1.165) is 29.3 Å². The number of aromatic carboxylic acids is 1. The van der Waals surface area contributed by atoms with Gasteiger partial charge in [0.15, 0.2) is 0 Å². The molecule has 0 atom stereocenters. The van der Waals surface area contributed by atoms with Gasteiger partial charge in [-0.1, -0.05) is 24.3 Å². The number of imidazole rings is 1.